The number of carbonyl (C=O) groups excluding carboxylic acids is 1. The molecule has 0 saturated carbocycles. The van der Waals surface area contributed by atoms with Gasteiger partial charge in [0, 0.05) is 6.54 Å². The first-order valence-corrected chi connectivity index (χ1v) is 4.20. The van der Waals surface area contributed by atoms with Crippen LogP contribution in [0.4, 0.5) is 0 Å². The van der Waals surface area contributed by atoms with Crippen LogP contribution in [0.3, 0.4) is 0 Å². The van der Waals surface area contributed by atoms with Gasteiger partial charge in [-0.25, -0.2) is 5.87 Å². The molecule has 0 unspecified atom stereocenters. The second-order valence-electron chi connectivity index (χ2n) is 2.72. The molecule has 0 atom stereocenters. The van der Waals surface area contributed by atoms with Crippen molar-refractivity contribution in [1.29, 1.82) is 0 Å². The molecule has 0 aliphatic rings. The van der Waals surface area contributed by atoms with E-state index >= 15 is 0 Å². The summed E-state index contributed by atoms with van der Waals surface area (Å²) in [4.78, 5) is 21.1. The Labute approximate surface area is 86.3 Å². The van der Waals surface area contributed by atoms with E-state index in [2.05, 4.69) is 10.5 Å². The standard InChI is InChI=1S/C10H8N3O2/c11-6-9(13-15)10(14)12-7-8-4-2-1-3-5-8/h1-5H,7H2,(H,12,14)/q-1. The first-order chi connectivity index (χ1) is 7.27. The average Bonchev–Trinajstić information content (AvgIpc) is 2.29. The SMILES string of the molecule is [N-]=C=C(N=O)C(=O)NCc1ccccc1. The zero-order chi connectivity index (χ0) is 11.1. The molecule has 0 aliphatic heterocycles. The van der Waals surface area contributed by atoms with Crippen molar-refractivity contribution in [3.63, 3.8) is 0 Å². The number of carbonyl (C=O) groups is 1. The van der Waals surface area contributed by atoms with Crippen LogP contribution < -0.4 is 5.32 Å². The fraction of sp³-hybridized carbons (Fsp3) is 0.100. The highest BCUT2D eigenvalue weighted by molar-refractivity contribution is 6.01. The summed E-state index contributed by atoms with van der Waals surface area (Å²) in [5, 5.41) is 13.1. The molecule has 0 aromatic heterocycles. The first kappa shape index (κ1) is 10.8. The van der Waals surface area contributed by atoms with Crippen LogP contribution in [0.15, 0.2) is 41.2 Å². The van der Waals surface area contributed by atoms with Gasteiger partial charge in [0.05, 0.1) is 0 Å². The van der Waals surface area contributed by atoms with Gasteiger partial charge in [0.25, 0.3) is 5.91 Å². The molecular weight excluding hydrogens is 194 g/mol. The number of nitroso groups, excluding NO2 is 1. The van der Waals surface area contributed by atoms with Crippen LogP contribution in [0.5, 0.6) is 0 Å². The number of nitrogens with one attached hydrogen (secondary N) is 1. The van der Waals surface area contributed by atoms with E-state index in [1.165, 1.54) is 5.87 Å². The smallest absolute Gasteiger partial charge is 0.280 e. The normalized spacial score (nSPS) is 8.80. The van der Waals surface area contributed by atoms with Crippen molar-refractivity contribution in [2.45, 2.75) is 6.54 Å². The van der Waals surface area contributed by atoms with Crippen molar-refractivity contribution in [2.24, 2.45) is 5.18 Å². The second kappa shape index (κ2) is 5.47. The molecule has 0 spiro atoms. The van der Waals surface area contributed by atoms with Crippen LogP contribution in [0.25, 0.3) is 5.41 Å². The van der Waals surface area contributed by atoms with Gasteiger partial charge in [-0.05, 0) is 10.7 Å². The van der Waals surface area contributed by atoms with E-state index in [9.17, 15) is 9.70 Å². The Kier molecular flexibility index (Phi) is 3.94. The van der Waals surface area contributed by atoms with Crippen molar-refractivity contribution in [1.82, 2.24) is 5.32 Å². The lowest BCUT2D eigenvalue weighted by molar-refractivity contribution is -0.117. The number of rotatable bonds is 4. The molecule has 0 radical (unpaired) electrons. The monoisotopic (exact) mass is 202 g/mol. The number of hydrogen-bond acceptors (Lipinski definition) is 3. The first-order valence-electron chi connectivity index (χ1n) is 4.20. The predicted octanol–water partition coefficient (Wildman–Crippen LogP) is 1.19. The Morgan fingerprint density at radius 3 is 2.60 bits per heavy atom. The lowest BCUT2D eigenvalue weighted by Crippen LogP contribution is -2.23. The zero-order valence-corrected chi connectivity index (χ0v) is 7.80. The Morgan fingerprint density at radius 1 is 1.40 bits per heavy atom. The summed E-state index contributed by atoms with van der Waals surface area (Å²) in [6.07, 6.45) is 0. The zero-order valence-electron chi connectivity index (χ0n) is 7.80. The van der Waals surface area contributed by atoms with Crippen LogP contribution in [0, 0.1) is 4.91 Å². The van der Waals surface area contributed by atoms with E-state index in [0.717, 1.165) is 5.56 Å². The van der Waals surface area contributed by atoms with Crippen LogP contribution in [0.1, 0.15) is 5.56 Å². The number of hydrogen-bond donors (Lipinski definition) is 1. The fourth-order valence-corrected chi connectivity index (χ4v) is 0.975. The average molecular weight is 202 g/mol. The summed E-state index contributed by atoms with van der Waals surface area (Å²) >= 11 is 0. The highest BCUT2D eigenvalue weighted by Crippen LogP contribution is 1.98. The topological polar surface area (TPSA) is 80.8 Å². The molecule has 5 heteroatoms. The summed E-state index contributed by atoms with van der Waals surface area (Å²) in [6, 6.07) is 9.15. The van der Waals surface area contributed by atoms with E-state index in [-0.39, 0.29) is 6.54 Å². The third-order valence-electron chi connectivity index (χ3n) is 1.71. The molecule has 76 valence electrons. The number of benzene rings is 1. The lowest BCUT2D eigenvalue weighted by atomic mass is 10.2. The van der Waals surface area contributed by atoms with Crippen molar-refractivity contribution in [3.8, 4) is 0 Å². The molecule has 1 amide bonds. The molecule has 0 bridgehead atoms. The molecule has 5 nitrogen and oxygen atoms in total. The Balaban J connectivity index is 2.55. The van der Waals surface area contributed by atoms with Gasteiger partial charge in [-0.2, -0.15) is 0 Å². The van der Waals surface area contributed by atoms with Gasteiger partial charge in [-0.3, -0.25) is 4.79 Å². The predicted molar refractivity (Wildman–Crippen MR) is 56.0 cm³/mol. The summed E-state index contributed by atoms with van der Waals surface area (Å²) in [6.45, 7) is 0.264. The van der Waals surface area contributed by atoms with E-state index in [1.54, 1.807) is 0 Å². The fourth-order valence-electron chi connectivity index (χ4n) is 0.975. The summed E-state index contributed by atoms with van der Waals surface area (Å²) in [7, 11) is 0. The molecule has 0 saturated heterocycles. The Hall–Kier alpha value is -2.26. The van der Waals surface area contributed by atoms with E-state index < -0.39 is 11.6 Å². The highest BCUT2D eigenvalue weighted by atomic mass is 16.3. The summed E-state index contributed by atoms with van der Waals surface area (Å²) in [5.41, 5.74) is 0.222. The van der Waals surface area contributed by atoms with Crippen LogP contribution in [-0.4, -0.2) is 11.8 Å². The maximum atomic E-state index is 11.1. The van der Waals surface area contributed by atoms with E-state index in [1.807, 2.05) is 30.3 Å². The van der Waals surface area contributed by atoms with E-state index in [4.69, 9.17) is 5.41 Å². The number of nitrogens with zero attached hydrogens (tertiary/aromatic N) is 2. The van der Waals surface area contributed by atoms with Gasteiger partial charge >= 0.3 is 0 Å². The lowest BCUT2D eigenvalue weighted by Gasteiger charge is -2.02. The van der Waals surface area contributed by atoms with Crippen molar-refractivity contribution >= 4 is 11.8 Å². The van der Waals surface area contributed by atoms with Gasteiger partial charge in [0.15, 0.2) is 5.70 Å². The van der Waals surface area contributed by atoms with Crippen molar-refractivity contribution in [3.05, 3.63) is 51.9 Å². The van der Waals surface area contributed by atoms with E-state index in [0.29, 0.717) is 0 Å². The largest absolute Gasteiger partial charge is 0.761 e. The molecule has 1 aromatic carbocycles. The van der Waals surface area contributed by atoms with Crippen molar-refractivity contribution < 1.29 is 4.79 Å². The van der Waals surface area contributed by atoms with Crippen molar-refractivity contribution in [2.75, 3.05) is 0 Å². The van der Waals surface area contributed by atoms with Crippen LogP contribution in [-0.2, 0) is 11.3 Å². The maximum Gasteiger partial charge on any atom is 0.280 e. The number of amides is 1. The second-order valence-corrected chi connectivity index (χ2v) is 2.72. The molecule has 0 fully saturated rings. The van der Waals surface area contributed by atoms with Gasteiger partial charge in [0.2, 0.25) is 0 Å². The van der Waals surface area contributed by atoms with Crippen LogP contribution >= 0.6 is 0 Å². The minimum atomic E-state index is -0.753. The molecule has 0 aliphatic carbocycles. The van der Waals surface area contributed by atoms with Gasteiger partial charge in [0.1, 0.15) is 0 Å². The van der Waals surface area contributed by atoms with Gasteiger partial charge in [-0.1, -0.05) is 30.3 Å². The Morgan fingerprint density at radius 2 is 2.07 bits per heavy atom. The summed E-state index contributed by atoms with van der Waals surface area (Å²) in [5.74, 6) is 0.660. The highest BCUT2D eigenvalue weighted by Gasteiger charge is 2.06. The third kappa shape index (κ3) is 3.17. The summed E-state index contributed by atoms with van der Waals surface area (Å²) < 4.78 is 0. The quantitative estimate of drug-likeness (QED) is 0.452. The molecular formula is C10H8N3O2-. The molecule has 1 N–H and O–H groups in total. The third-order valence-corrected chi connectivity index (χ3v) is 1.71. The maximum absolute atomic E-state index is 11.1. The molecule has 15 heavy (non-hydrogen) atoms. The van der Waals surface area contributed by atoms with Gasteiger partial charge < -0.3 is 10.7 Å². The van der Waals surface area contributed by atoms with Gasteiger partial charge in [-0.15, -0.1) is 4.91 Å². The Bertz CT molecular complexity index is 408. The molecule has 1 aromatic rings. The molecule has 0 heterocycles. The van der Waals surface area contributed by atoms with Crippen LogP contribution in [0.2, 0.25) is 0 Å². The minimum Gasteiger partial charge on any atom is -0.761 e. The molecule has 1 rings (SSSR count). The minimum absolute atomic E-state index is 0.264.